The zero-order valence-electron chi connectivity index (χ0n) is 12.3. The van der Waals surface area contributed by atoms with Crippen molar-refractivity contribution >= 4 is 34.3 Å². The Kier molecular flexibility index (Phi) is 4.04. The Labute approximate surface area is 137 Å². The number of nitrogens with zero attached hydrogens (tertiary/aromatic N) is 3. The van der Waals surface area contributed by atoms with Gasteiger partial charge in [-0.15, -0.1) is 5.11 Å². The van der Waals surface area contributed by atoms with Gasteiger partial charge < -0.3 is 10.2 Å². The highest BCUT2D eigenvalue weighted by Crippen LogP contribution is 2.36. The molecule has 116 valence electrons. The molecule has 0 unspecified atom stereocenters. The number of allylic oxidation sites excluding steroid dienone is 1. The lowest BCUT2D eigenvalue weighted by atomic mass is 10.2. The maximum Gasteiger partial charge on any atom is 0.206 e. The molecule has 0 radical (unpaired) electrons. The summed E-state index contributed by atoms with van der Waals surface area (Å²) >= 11 is 6.01. The average molecular weight is 328 g/mol. The van der Waals surface area contributed by atoms with E-state index in [1.165, 1.54) is 10.8 Å². The van der Waals surface area contributed by atoms with Gasteiger partial charge in [-0.05, 0) is 31.2 Å². The van der Waals surface area contributed by atoms with Crippen LogP contribution in [0.3, 0.4) is 0 Å². The molecule has 2 N–H and O–H groups in total. The highest BCUT2D eigenvalue weighted by Gasteiger charge is 2.13. The van der Waals surface area contributed by atoms with Crippen LogP contribution in [0, 0.1) is 0 Å². The van der Waals surface area contributed by atoms with Gasteiger partial charge >= 0.3 is 0 Å². The van der Waals surface area contributed by atoms with Crippen molar-refractivity contribution < 1.29 is 10.2 Å². The van der Waals surface area contributed by atoms with Crippen molar-refractivity contribution in [2.45, 2.75) is 6.92 Å². The minimum Gasteiger partial charge on any atom is -0.494 e. The highest BCUT2D eigenvalue weighted by molar-refractivity contribution is 6.32. The number of rotatable bonds is 3. The van der Waals surface area contributed by atoms with Crippen LogP contribution in [0.15, 0.2) is 64.5 Å². The molecular formula is C17H14ClN3O2. The van der Waals surface area contributed by atoms with Gasteiger partial charge in [-0.3, -0.25) is 4.57 Å². The second kappa shape index (κ2) is 6.14. The third-order valence-corrected chi connectivity index (χ3v) is 3.67. The summed E-state index contributed by atoms with van der Waals surface area (Å²) in [6, 6.07) is 14.1. The summed E-state index contributed by atoms with van der Waals surface area (Å²) in [5.41, 5.74) is 1.05. The van der Waals surface area contributed by atoms with Gasteiger partial charge in [0.1, 0.15) is 5.69 Å². The molecule has 0 saturated heterocycles. The van der Waals surface area contributed by atoms with Gasteiger partial charge in [0.2, 0.25) is 11.8 Å². The molecule has 0 aliphatic rings. The Morgan fingerprint density at radius 1 is 1.00 bits per heavy atom. The van der Waals surface area contributed by atoms with Crippen LogP contribution in [0.5, 0.6) is 11.8 Å². The standard InChI is InChI=1S/C17H14ClN3O2/c1-11(19-20-15-9-5-4-8-14(15)18)10-21-16(22)12-6-2-3-7-13(12)17(21)23/h2-10,22-23H,1H3. The van der Waals surface area contributed by atoms with E-state index in [9.17, 15) is 10.2 Å². The summed E-state index contributed by atoms with van der Waals surface area (Å²) in [5, 5.41) is 30.2. The number of hydrogen-bond acceptors (Lipinski definition) is 4. The zero-order valence-corrected chi connectivity index (χ0v) is 13.1. The van der Waals surface area contributed by atoms with Crippen molar-refractivity contribution in [1.29, 1.82) is 0 Å². The minimum atomic E-state index is -0.0506. The first kappa shape index (κ1) is 15.1. The highest BCUT2D eigenvalue weighted by atomic mass is 35.5. The predicted molar refractivity (Wildman–Crippen MR) is 91.2 cm³/mol. The minimum absolute atomic E-state index is 0.0506. The molecule has 0 fully saturated rings. The molecule has 6 heteroatoms. The Morgan fingerprint density at radius 2 is 1.57 bits per heavy atom. The molecule has 23 heavy (non-hydrogen) atoms. The van der Waals surface area contributed by atoms with Crippen LogP contribution in [0.25, 0.3) is 17.0 Å². The SMILES string of the molecule is CC(=Cn1c(O)c2ccccc2c1O)N=Nc1ccccc1Cl. The number of halogens is 1. The summed E-state index contributed by atoms with van der Waals surface area (Å²) in [4.78, 5) is 0. The van der Waals surface area contributed by atoms with E-state index in [0.717, 1.165) is 0 Å². The van der Waals surface area contributed by atoms with E-state index >= 15 is 0 Å². The second-order valence-electron chi connectivity index (χ2n) is 4.98. The second-order valence-corrected chi connectivity index (χ2v) is 5.39. The van der Waals surface area contributed by atoms with Gasteiger partial charge in [0.15, 0.2) is 0 Å². The van der Waals surface area contributed by atoms with Crippen LogP contribution < -0.4 is 0 Å². The molecule has 1 heterocycles. The summed E-state index contributed by atoms with van der Waals surface area (Å²) in [6.07, 6.45) is 1.50. The molecule has 2 aromatic carbocycles. The number of azo groups is 1. The molecule has 0 amide bonds. The molecule has 0 spiro atoms. The molecule has 0 atom stereocenters. The van der Waals surface area contributed by atoms with E-state index in [1.807, 2.05) is 12.1 Å². The van der Waals surface area contributed by atoms with E-state index in [2.05, 4.69) is 10.2 Å². The normalized spacial score (nSPS) is 12.3. The van der Waals surface area contributed by atoms with Crippen molar-refractivity contribution in [3.8, 4) is 11.8 Å². The van der Waals surface area contributed by atoms with Crippen LogP contribution in [-0.4, -0.2) is 14.8 Å². The van der Waals surface area contributed by atoms with Crippen molar-refractivity contribution in [3.63, 3.8) is 0 Å². The van der Waals surface area contributed by atoms with E-state index in [-0.39, 0.29) is 11.8 Å². The first-order valence-electron chi connectivity index (χ1n) is 6.93. The van der Waals surface area contributed by atoms with E-state index in [0.29, 0.717) is 27.2 Å². The molecule has 0 bridgehead atoms. The van der Waals surface area contributed by atoms with Crippen molar-refractivity contribution in [2.24, 2.45) is 10.2 Å². The largest absolute Gasteiger partial charge is 0.494 e. The molecule has 0 aliphatic carbocycles. The zero-order chi connectivity index (χ0) is 16.4. The molecular weight excluding hydrogens is 314 g/mol. The Hall–Kier alpha value is -2.79. The molecule has 3 aromatic rings. The Balaban J connectivity index is 1.97. The van der Waals surface area contributed by atoms with Gasteiger partial charge in [0, 0.05) is 17.0 Å². The number of aromatic hydroxyl groups is 2. The van der Waals surface area contributed by atoms with Crippen LogP contribution >= 0.6 is 11.6 Å². The summed E-state index contributed by atoms with van der Waals surface area (Å²) in [6.45, 7) is 1.71. The summed E-state index contributed by atoms with van der Waals surface area (Å²) in [5.74, 6) is -0.101. The van der Waals surface area contributed by atoms with E-state index in [4.69, 9.17) is 11.6 Å². The number of hydrogen-bond donors (Lipinski definition) is 2. The first-order chi connectivity index (χ1) is 11.1. The lowest BCUT2D eigenvalue weighted by Crippen LogP contribution is -1.85. The van der Waals surface area contributed by atoms with Gasteiger partial charge in [-0.1, -0.05) is 35.9 Å². The quantitative estimate of drug-likeness (QED) is 0.640. The van der Waals surface area contributed by atoms with E-state index in [1.54, 1.807) is 43.3 Å². The number of fused-ring (bicyclic) bond motifs is 1. The topological polar surface area (TPSA) is 70.1 Å². The fourth-order valence-corrected chi connectivity index (χ4v) is 2.41. The van der Waals surface area contributed by atoms with Gasteiger partial charge in [-0.2, -0.15) is 5.11 Å². The monoisotopic (exact) mass is 327 g/mol. The Bertz CT molecular complexity index is 890. The van der Waals surface area contributed by atoms with Crippen LogP contribution in [0.2, 0.25) is 5.02 Å². The fourth-order valence-electron chi connectivity index (χ4n) is 2.23. The lowest BCUT2D eigenvalue weighted by molar-refractivity contribution is 0.411. The Morgan fingerprint density at radius 3 is 2.17 bits per heavy atom. The van der Waals surface area contributed by atoms with Crippen molar-refractivity contribution in [1.82, 2.24) is 4.57 Å². The van der Waals surface area contributed by atoms with E-state index < -0.39 is 0 Å². The fraction of sp³-hybridized carbons (Fsp3) is 0.0588. The maximum atomic E-state index is 10.2. The number of aromatic nitrogens is 1. The molecule has 3 rings (SSSR count). The average Bonchev–Trinajstić information content (AvgIpc) is 2.80. The summed E-state index contributed by atoms with van der Waals surface area (Å²) < 4.78 is 1.27. The lowest BCUT2D eigenvalue weighted by Gasteiger charge is -2.00. The van der Waals surface area contributed by atoms with Crippen molar-refractivity contribution in [2.75, 3.05) is 0 Å². The smallest absolute Gasteiger partial charge is 0.206 e. The first-order valence-corrected chi connectivity index (χ1v) is 7.31. The van der Waals surface area contributed by atoms with Crippen LogP contribution in [0.1, 0.15) is 6.92 Å². The summed E-state index contributed by atoms with van der Waals surface area (Å²) in [7, 11) is 0. The molecule has 1 aromatic heterocycles. The van der Waals surface area contributed by atoms with Gasteiger partial charge in [-0.25, -0.2) is 0 Å². The predicted octanol–water partition coefficient (Wildman–Crippen LogP) is 5.31. The maximum absolute atomic E-state index is 10.2. The van der Waals surface area contributed by atoms with Crippen molar-refractivity contribution in [3.05, 3.63) is 59.3 Å². The number of benzene rings is 2. The molecule has 5 nitrogen and oxygen atoms in total. The van der Waals surface area contributed by atoms with Gasteiger partial charge in [0.05, 0.1) is 10.7 Å². The van der Waals surface area contributed by atoms with Crippen LogP contribution in [-0.2, 0) is 0 Å². The van der Waals surface area contributed by atoms with Crippen LogP contribution in [0.4, 0.5) is 5.69 Å². The third kappa shape index (κ3) is 2.91. The third-order valence-electron chi connectivity index (χ3n) is 3.35. The molecule has 0 aliphatic heterocycles. The molecule has 0 saturated carbocycles. The van der Waals surface area contributed by atoms with Gasteiger partial charge in [0.25, 0.3) is 0 Å².